The van der Waals surface area contributed by atoms with Crippen LogP contribution in [0.5, 0.6) is 0 Å². The van der Waals surface area contributed by atoms with Crippen molar-refractivity contribution in [3.05, 3.63) is 65.0 Å². The van der Waals surface area contributed by atoms with Gasteiger partial charge in [0.25, 0.3) is 5.91 Å². The molecular weight excluding hydrogens is 447 g/mol. The maximum absolute atomic E-state index is 13.7. The molecule has 1 heterocycles. The van der Waals surface area contributed by atoms with Crippen molar-refractivity contribution in [3.63, 3.8) is 0 Å². The molecular formula is C25H24F3N3OS. The van der Waals surface area contributed by atoms with Gasteiger partial charge in [0.2, 0.25) is 0 Å². The number of benzene rings is 2. The van der Waals surface area contributed by atoms with Crippen LogP contribution in [0.15, 0.2) is 42.5 Å². The quantitative estimate of drug-likeness (QED) is 0.345. The van der Waals surface area contributed by atoms with E-state index in [-0.39, 0.29) is 16.7 Å². The Balaban J connectivity index is 1.76. The van der Waals surface area contributed by atoms with E-state index in [1.807, 2.05) is 29.2 Å². The maximum Gasteiger partial charge on any atom is 0.407 e. The van der Waals surface area contributed by atoms with Crippen LogP contribution in [-0.4, -0.2) is 16.6 Å². The molecule has 8 heteroatoms. The summed E-state index contributed by atoms with van der Waals surface area (Å²) in [6, 6.07) is 11.3. The van der Waals surface area contributed by atoms with Crippen molar-refractivity contribution in [3.8, 4) is 0 Å². The number of nitrogens with zero attached hydrogens (tertiary/aromatic N) is 3. The van der Waals surface area contributed by atoms with Gasteiger partial charge in [0.1, 0.15) is 5.54 Å². The number of amides is 1. The fraction of sp³-hybridized carbons (Fsp3) is 0.400. The van der Waals surface area contributed by atoms with Gasteiger partial charge in [-0.1, -0.05) is 44.4 Å². The summed E-state index contributed by atoms with van der Waals surface area (Å²) in [7, 11) is 0. The third kappa shape index (κ3) is 3.99. The highest BCUT2D eigenvalue weighted by molar-refractivity contribution is 7.81. The van der Waals surface area contributed by atoms with E-state index in [1.54, 1.807) is 0 Å². The van der Waals surface area contributed by atoms with Crippen LogP contribution < -0.4 is 9.80 Å². The first kappa shape index (κ1) is 23.2. The Kier molecular flexibility index (Phi) is 6.19. The number of aryl methyl sites for hydroxylation is 1. The van der Waals surface area contributed by atoms with E-state index >= 15 is 0 Å². The minimum absolute atomic E-state index is 0.0399. The van der Waals surface area contributed by atoms with Crippen LogP contribution in [0.4, 0.5) is 30.2 Å². The molecule has 1 spiro atoms. The fourth-order valence-corrected chi connectivity index (χ4v) is 5.31. The van der Waals surface area contributed by atoms with Gasteiger partial charge in [0, 0.05) is 11.4 Å². The standard InChI is InChI=1S/C25H24F3N3OS/c1-3-4-7-17-8-10-18(11-9-17)31-23(33)30(22(32)24(31)14-5-6-15-24)19-12-13-21(29-2)20(16-19)25(26,27)28/h8-13,16H,3-7,14-15H2,1H3. The first-order chi connectivity index (χ1) is 15.7. The summed E-state index contributed by atoms with van der Waals surface area (Å²) < 4.78 is 40.7. The Morgan fingerprint density at radius 3 is 2.30 bits per heavy atom. The highest BCUT2D eigenvalue weighted by atomic mass is 32.1. The lowest BCUT2D eigenvalue weighted by atomic mass is 9.94. The van der Waals surface area contributed by atoms with Crippen molar-refractivity contribution in [2.24, 2.45) is 0 Å². The molecule has 0 bridgehead atoms. The van der Waals surface area contributed by atoms with Gasteiger partial charge >= 0.3 is 6.18 Å². The third-order valence-corrected chi connectivity index (χ3v) is 6.89. The van der Waals surface area contributed by atoms with Crippen molar-refractivity contribution in [2.45, 2.75) is 63.6 Å². The van der Waals surface area contributed by atoms with Crippen molar-refractivity contribution < 1.29 is 18.0 Å². The van der Waals surface area contributed by atoms with Crippen LogP contribution in [-0.2, 0) is 17.4 Å². The van der Waals surface area contributed by atoms with Gasteiger partial charge in [0.15, 0.2) is 10.8 Å². The van der Waals surface area contributed by atoms with Crippen LogP contribution in [0.2, 0.25) is 0 Å². The van der Waals surface area contributed by atoms with Gasteiger partial charge in [0.05, 0.1) is 12.1 Å². The zero-order chi connectivity index (χ0) is 23.8. The molecule has 0 atom stereocenters. The van der Waals surface area contributed by atoms with Gasteiger partial charge in [-0.3, -0.25) is 9.69 Å². The number of halogens is 3. The van der Waals surface area contributed by atoms with Gasteiger partial charge < -0.3 is 4.90 Å². The molecule has 2 fully saturated rings. The van der Waals surface area contributed by atoms with Crippen molar-refractivity contribution in [1.82, 2.24) is 0 Å². The molecule has 4 nitrogen and oxygen atoms in total. The number of rotatable bonds is 5. The zero-order valence-electron chi connectivity index (χ0n) is 18.3. The van der Waals surface area contributed by atoms with Gasteiger partial charge in [-0.15, -0.1) is 0 Å². The fourth-order valence-electron chi connectivity index (χ4n) is 4.84. The van der Waals surface area contributed by atoms with E-state index in [9.17, 15) is 18.0 Å². The smallest absolute Gasteiger partial charge is 0.303 e. The Hall–Kier alpha value is -2.92. The minimum atomic E-state index is -4.71. The number of carbonyl (C=O) groups is 1. The highest BCUT2D eigenvalue weighted by Crippen LogP contribution is 2.47. The number of anilines is 2. The molecule has 1 aliphatic carbocycles. The summed E-state index contributed by atoms with van der Waals surface area (Å²) in [5.74, 6) is -0.302. The van der Waals surface area contributed by atoms with E-state index in [0.717, 1.165) is 49.9 Å². The van der Waals surface area contributed by atoms with E-state index < -0.39 is 23.0 Å². The topological polar surface area (TPSA) is 27.9 Å². The first-order valence-corrected chi connectivity index (χ1v) is 11.5. The molecule has 1 aliphatic heterocycles. The third-order valence-electron chi connectivity index (χ3n) is 6.52. The van der Waals surface area contributed by atoms with Gasteiger partial charge in [-0.25, -0.2) is 4.85 Å². The monoisotopic (exact) mass is 471 g/mol. The van der Waals surface area contributed by atoms with Crippen molar-refractivity contribution >= 4 is 40.3 Å². The molecule has 172 valence electrons. The number of alkyl halides is 3. The normalized spacial score (nSPS) is 17.8. The molecule has 1 amide bonds. The lowest BCUT2D eigenvalue weighted by Crippen LogP contribution is -2.47. The molecule has 1 saturated carbocycles. The van der Waals surface area contributed by atoms with Crippen LogP contribution in [0.1, 0.15) is 56.6 Å². The average Bonchev–Trinajstić information content (AvgIpc) is 3.36. The molecule has 0 N–H and O–H groups in total. The number of unbranched alkanes of at least 4 members (excludes halogenated alkanes) is 1. The summed E-state index contributed by atoms with van der Waals surface area (Å²) in [5, 5.41) is 0.173. The average molecular weight is 472 g/mol. The van der Waals surface area contributed by atoms with Gasteiger partial charge in [-0.2, -0.15) is 13.2 Å². The summed E-state index contributed by atoms with van der Waals surface area (Å²) in [5.41, 5.74) is -0.452. The molecule has 0 radical (unpaired) electrons. The second-order valence-corrected chi connectivity index (χ2v) is 8.94. The predicted octanol–water partition coefficient (Wildman–Crippen LogP) is 7.05. The first-order valence-electron chi connectivity index (χ1n) is 11.1. The summed E-state index contributed by atoms with van der Waals surface area (Å²) in [4.78, 5) is 19.7. The second kappa shape index (κ2) is 8.79. The van der Waals surface area contributed by atoms with Crippen molar-refractivity contribution in [1.29, 1.82) is 0 Å². The second-order valence-electron chi connectivity index (χ2n) is 8.58. The van der Waals surface area contributed by atoms with Crippen LogP contribution >= 0.6 is 12.2 Å². The predicted molar refractivity (Wildman–Crippen MR) is 127 cm³/mol. The SMILES string of the molecule is [C-]#[N+]c1ccc(N2C(=O)C3(CCCC3)N(c3ccc(CCCC)cc3)C2=S)cc1C(F)(F)F. The van der Waals surface area contributed by atoms with E-state index in [4.69, 9.17) is 18.8 Å². The Bertz CT molecular complexity index is 1120. The number of carbonyl (C=O) groups excluding carboxylic acids is 1. The van der Waals surface area contributed by atoms with Crippen LogP contribution in [0.3, 0.4) is 0 Å². The lowest BCUT2D eigenvalue weighted by Gasteiger charge is -2.32. The minimum Gasteiger partial charge on any atom is -0.303 e. The maximum atomic E-state index is 13.7. The Morgan fingerprint density at radius 2 is 1.73 bits per heavy atom. The Labute approximate surface area is 196 Å². The molecule has 4 rings (SSSR count). The molecule has 2 aliphatic rings. The van der Waals surface area contributed by atoms with E-state index in [0.29, 0.717) is 12.8 Å². The van der Waals surface area contributed by atoms with Crippen LogP contribution in [0.25, 0.3) is 4.85 Å². The summed E-state index contributed by atoms with van der Waals surface area (Å²) in [6.45, 7) is 9.20. The number of thiocarbonyl (C=S) groups is 1. The largest absolute Gasteiger partial charge is 0.407 e. The zero-order valence-corrected chi connectivity index (χ0v) is 19.1. The molecule has 2 aromatic carbocycles. The molecule has 0 aromatic heterocycles. The summed E-state index contributed by atoms with van der Waals surface area (Å²) in [6.07, 6.45) is 1.30. The molecule has 33 heavy (non-hydrogen) atoms. The number of hydrogen-bond acceptors (Lipinski definition) is 2. The highest BCUT2D eigenvalue weighted by Gasteiger charge is 2.57. The summed E-state index contributed by atoms with van der Waals surface area (Å²) >= 11 is 5.70. The molecule has 1 saturated heterocycles. The lowest BCUT2D eigenvalue weighted by molar-refractivity contribution is -0.136. The van der Waals surface area contributed by atoms with Crippen LogP contribution in [0, 0.1) is 6.57 Å². The Morgan fingerprint density at radius 1 is 1.09 bits per heavy atom. The number of hydrogen-bond donors (Lipinski definition) is 0. The van der Waals surface area contributed by atoms with Crippen molar-refractivity contribution in [2.75, 3.05) is 9.80 Å². The van der Waals surface area contributed by atoms with E-state index in [1.165, 1.54) is 16.5 Å². The van der Waals surface area contributed by atoms with E-state index in [2.05, 4.69) is 11.8 Å². The molecule has 2 aromatic rings. The molecule has 0 unspecified atom stereocenters. The van der Waals surface area contributed by atoms with Gasteiger partial charge in [-0.05, 0) is 67.7 Å².